The van der Waals surface area contributed by atoms with Crippen LogP contribution in [0.2, 0.25) is 0 Å². The molecule has 1 amide bonds. The second-order valence-corrected chi connectivity index (χ2v) is 10.6. The molecule has 1 aromatic heterocycles. The van der Waals surface area contributed by atoms with E-state index in [4.69, 9.17) is 0 Å². The number of benzene rings is 2. The van der Waals surface area contributed by atoms with Crippen LogP contribution in [0.1, 0.15) is 85.1 Å². The maximum Gasteiger partial charge on any atom is 0.326 e. The van der Waals surface area contributed by atoms with Crippen LogP contribution in [0.4, 0.5) is 0 Å². The first-order chi connectivity index (χ1) is 19.8. The molecule has 2 aromatic carbocycles. The maximum atomic E-state index is 12.9. The number of carboxylic acids is 1. The molecule has 9 nitrogen and oxygen atoms in total. The van der Waals surface area contributed by atoms with E-state index in [0.29, 0.717) is 12.2 Å². The summed E-state index contributed by atoms with van der Waals surface area (Å²) in [5.41, 5.74) is 3.66. The Morgan fingerprint density at radius 1 is 0.902 bits per heavy atom. The van der Waals surface area contributed by atoms with Crippen LogP contribution in [0.3, 0.4) is 0 Å². The highest BCUT2D eigenvalue weighted by atomic mass is 16.4. The minimum Gasteiger partial charge on any atom is -0.480 e. The van der Waals surface area contributed by atoms with Crippen molar-refractivity contribution in [1.82, 2.24) is 30.8 Å². The molecule has 0 aliphatic carbocycles. The number of aromatic amines is 1. The number of hydrogen-bond donors (Lipinski definition) is 3. The first-order valence-electron chi connectivity index (χ1n) is 15.0. The minimum atomic E-state index is -0.976. The number of carbonyl (C=O) groups is 2. The van der Waals surface area contributed by atoms with Gasteiger partial charge in [-0.3, -0.25) is 4.79 Å². The fraction of sp³-hybridized carbons (Fsp3) is 0.531. The van der Waals surface area contributed by atoms with Crippen molar-refractivity contribution >= 4 is 11.9 Å². The average Bonchev–Trinajstić information content (AvgIpc) is 3.51. The standard InChI is InChI=1S/C24H29N5O3.C8H19N/c1-4-5-10-21(30)29(22(16(2)3)24(31)32)15-17-11-13-18(14-12-17)19-8-6-7-9-20(19)23-25-27-28-26-23;1-3-5-7-9-8-6-4-2/h6-9,11-14,16,22H,4-5,10,15H2,1-3H3,(H,31,32)(H,25,26,27,28);9H,3-8H2,1-2H3/t22-;/m0./s1. The molecule has 0 saturated heterocycles. The summed E-state index contributed by atoms with van der Waals surface area (Å²) in [6, 6.07) is 14.7. The van der Waals surface area contributed by atoms with E-state index >= 15 is 0 Å². The van der Waals surface area contributed by atoms with Crippen LogP contribution in [-0.2, 0) is 16.1 Å². The molecule has 3 rings (SSSR count). The summed E-state index contributed by atoms with van der Waals surface area (Å²) in [6.07, 6.45) is 7.23. The molecule has 1 heterocycles. The summed E-state index contributed by atoms with van der Waals surface area (Å²) in [5.74, 6) is -0.784. The Kier molecular flexibility index (Phi) is 15.3. The lowest BCUT2D eigenvalue weighted by Gasteiger charge is -2.32. The third-order valence-corrected chi connectivity index (χ3v) is 6.83. The van der Waals surface area contributed by atoms with Gasteiger partial charge in [0.2, 0.25) is 11.7 Å². The molecule has 3 N–H and O–H groups in total. The molecular formula is C32H48N6O3. The van der Waals surface area contributed by atoms with Crippen LogP contribution < -0.4 is 5.32 Å². The zero-order chi connectivity index (χ0) is 30.0. The van der Waals surface area contributed by atoms with Gasteiger partial charge in [0.15, 0.2) is 0 Å². The minimum absolute atomic E-state index is 0.125. The predicted molar refractivity (Wildman–Crippen MR) is 164 cm³/mol. The Morgan fingerprint density at radius 3 is 2.02 bits per heavy atom. The summed E-state index contributed by atoms with van der Waals surface area (Å²) >= 11 is 0. The van der Waals surface area contributed by atoms with Gasteiger partial charge >= 0.3 is 5.97 Å². The van der Waals surface area contributed by atoms with Gasteiger partial charge in [-0.1, -0.05) is 102 Å². The number of tetrazole rings is 1. The first-order valence-corrected chi connectivity index (χ1v) is 15.0. The lowest BCUT2D eigenvalue weighted by Crippen LogP contribution is -2.47. The molecule has 0 aliphatic heterocycles. The Bertz CT molecular complexity index is 1140. The van der Waals surface area contributed by atoms with Gasteiger partial charge in [-0.15, -0.1) is 10.2 Å². The maximum absolute atomic E-state index is 12.9. The van der Waals surface area contributed by atoms with E-state index in [9.17, 15) is 14.7 Å². The van der Waals surface area contributed by atoms with Crippen molar-refractivity contribution in [3.05, 3.63) is 54.1 Å². The molecule has 41 heavy (non-hydrogen) atoms. The molecular weight excluding hydrogens is 516 g/mol. The van der Waals surface area contributed by atoms with Crippen molar-refractivity contribution in [1.29, 1.82) is 0 Å². The van der Waals surface area contributed by atoms with Crippen molar-refractivity contribution in [2.45, 2.75) is 92.2 Å². The van der Waals surface area contributed by atoms with Gasteiger partial charge in [0.25, 0.3) is 0 Å². The summed E-state index contributed by atoms with van der Waals surface area (Å²) in [4.78, 5) is 26.3. The highest BCUT2D eigenvalue weighted by Crippen LogP contribution is 2.30. The van der Waals surface area contributed by atoms with Gasteiger partial charge in [-0.25, -0.2) is 4.79 Å². The number of aromatic nitrogens is 4. The van der Waals surface area contributed by atoms with Crippen molar-refractivity contribution < 1.29 is 14.7 Å². The molecule has 224 valence electrons. The topological polar surface area (TPSA) is 124 Å². The van der Waals surface area contributed by atoms with Gasteiger partial charge in [0, 0.05) is 18.5 Å². The fourth-order valence-corrected chi connectivity index (χ4v) is 4.51. The molecule has 0 unspecified atom stereocenters. The van der Waals surface area contributed by atoms with Crippen LogP contribution in [0.15, 0.2) is 48.5 Å². The van der Waals surface area contributed by atoms with Gasteiger partial charge < -0.3 is 15.3 Å². The quantitative estimate of drug-likeness (QED) is 0.173. The van der Waals surface area contributed by atoms with Crippen LogP contribution >= 0.6 is 0 Å². The van der Waals surface area contributed by atoms with Crippen LogP contribution in [0.5, 0.6) is 0 Å². The van der Waals surface area contributed by atoms with Gasteiger partial charge in [0.05, 0.1) is 0 Å². The molecule has 0 radical (unpaired) electrons. The van der Waals surface area contributed by atoms with E-state index in [0.717, 1.165) is 35.1 Å². The Labute approximate surface area is 245 Å². The number of H-pyrrole nitrogens is 1. The molecule has 0 fully saturated rings. The summed E-state index contributed by atoms with van der Waals surface area (Å²) in [6.45, 7) is 12.8. The number of unbranched alkanes of at least 4 members (excludes halogenated alkanes) is 3. The van der Waals surface area contributed by atoms with Gasteiger partial charge in [0.1, 0.15) is 6.04 Å². The third-order valence-electron chi connectivity index (χ3n) is 6.83. The third kappa shape index (κ3) is 11.1. The second kappa shape index (κ2) is 18.7. The van der Waals surface area contributed by atoms with Crippen molar-refractivity contribution in [2.24, 2.45) is 5.92 Å². The lowest BCUT2D eigenvalue weighted by molar-refractivity contribution is -0.153. The number of hydrogen-bond acceptors (Lipinski definition) is 6. The average molecular weight is 565 g/mol. The largest absolute Gasteiger partial charge is 0.480 e. The number of nitrogens with one attached hydrogen (secondary N) is 2. The van der Waals surface area contributed by atoms with Gasteiger partial charge in [-0.2, -0.15) is 5.21 Å². The zero-order valence-corrected chi connectivity index (χ0v) is 25.4. The first kappa shape index (κ1) is 33.6. The summed E-state index contributed by atoms with van der Waals surface area (Å²) in [5, 5.41) is 27.4. The number of nitrogens with zero attached hydrogens (tertiary/aromatic N) is 4. The van der Waals surface area contributed by atoms with Crippen molar-refractivity contribution in [3.8, 4) is 22.5 Å². The van der Waals surface area contributed by atoms with Crippen LogP contribution in [-0.4, -0.2) is 61.6 Å². The number of amides is 1. The number of aliphatic carboxylic acids is 1. The van der Waals surface area contributed by atoms with E-state index < -0.39 is 12.0 Å². The van der Waals surface area contributed by atoms with E-state index in [-0.39, 0.29) is 18.4 Å². The molecule has 9 heteroatoms. The Hall–Kier alpha value is -3.59. The second-order valence-electron chi connectivity index (χ2n) is 10.6. The van der Waals surface area contributed by atoms with Gasteiger partial charge in [-0.05, 0) is 60.2 Å². The smallest absolute Gasteiger partial charge is 0.326 e. The van der Waals surface area contributed by atoms with E-state index in [1.165, 1.54) is 43.7 Å². The van der Waals surface area contributed by atoms with Crippen molar-refractivity contribution in [2.75, 3.05) is 13.1 Å². The molecule has 0 aliphatic rings. The highest BCUT2D eigenvalue weighted by molar-refractivity contribution is 5.84. The summed E-state index contributed by atoms with van der Waals surface area (Å²) < 4.78 is 0. The Balaban J connectivity index is 0.000000564. The van der Waals surface area contributed by atoms with E-state index in [2.05, 4.69) is 39.8 Å². The molecule has 0 saturated carbocycles. The van der Waals surface area contributed by atoms with Crippen molar-refractivity contribution in [3.63, 3.8) is 0 Å². The predicted octanol–water partition coefficient (Wildman–Crippen LogP) is 6.34. The normalized spacial score (nSPS) is 11.6. The van der Waals surface area contributed by atoms with E-state index in [1.807, 2.05) is 69.3 Å². The SMILES string of the molecule is CCCCC(=O)N(Cc1ccc(-c2ccccc2-c2nn[nH]n2)cc1)[C@H](C(=O)O)C(C)C.CCCCNCCCC. The van der Waals surface area contributed by atoms with E-state index in [1.54, 1.807) is 0 Å². The molecule has 0 bridgehead atoms. The number of carbonyl (C=O) groups excluding carboxylic acids is 1. The molecule has 1 atom stereocenters. The monoisotopic (exact) mass is 564 g/mol. The lowest BCUT2D eigenvalue weighted by atomic mass is 9.97. The Morgan fingerprint density at radius 2 is 1.51 bits per heavy atom. The number of rotatable bonds is 16. The zero-order valence-electron chi connectivity index (χ0n) is 25.4. The fourth-order valence-electron chi connectivity index (χ4n) is 4.51. The molecule has 0 spiro atoms. The van der Waals surface area contributed by atoms with Crippen LogP contribution in [0, 0.1) is 5.92 Å². The summed E-state index contributed by atoms with van der Waals surface area (Å²) in [7, 11) is 0. The van der Waals surface area contributed by atoms with Crippen LogP contribution in [0.25, 0.3) is 22.5 Å². The number of carboxylic acid groups (broad SMARTS) is 1. The molecule has 3 aromatic rings. The highest BCUT2D eigenvalue weighted by Gasteiger charge is 2.32.